The van der Waals surface area contributed by atoms with Gasteiger partial charge in [-0.1, -0.05) is 24.3 Å². The largest absolute Gasteiger partial charge is 0.371 e. The molecule has 5 heteroatoms. The van der Waals surface area contributed by atoms with E-state index in [0.717, 1.165) is 12.0 Å². The van der Waals surface area contributed by atoms with E-state index in [9.17, 15) is 9.59 Å². The highest BCUT2D eigenvalue weighted by molar-refractivity contribution is 5.87. The molecule has 0 bridgehead atoms. The van der Waals surface area contributed by atoms with Crippen LogP contribution in [0, 0.1) is 0 Å². The maximum Gasteiger partial charge on any atom is 0.242 e. The van der Waals surface area contributed by atoms with Gasteiger partial charge in [0.25, 0.3) is 0 Å². The first kappa shape index (κ1) is 14.1. The van der Waals surface area contributed by atoms with E-state index in [2.05, 4.69) is 17.4 Å². The molecule has 0 aliphatic carbocycles. The van der Waals surface area contributed by atoms with E-state index in [4.69, 9.17) is 4.74 Å². The van der Waals surface area contributed by atoms with Crippen molar-refractivity contribution < 1.29 is 14.3 Å². The third-order valence-electron chi connectivity index (χ3n) is 4.22. The van der Waals surface area contributed by atoms with Gasteiger partial charge in [-0.3, -0.25) is 9.59 Å². The molecule has 2 heterocycles. The summed E-state index contributed by atoms with van der Waals surface area (Å²) in [4.78, 5) is 25.5. The van der Waals surface area contributed by atoms with Crippen LogP contribution in [0.2, 0.25) is 0 Å². The fourth-order valence-corrected chi connectivity index (χ4v) is 3.06. The fraction of sp³-hybridized carbons (Fsp3) is 0.500. The van der Waals surface area contributed by atoms with Crippen LogP contribution < -0.4 is 5.32 Å². The van der Waals surface area contributed by atoms with Crippen LogP contribution in [0.5, 0.6) is 0 Å². The Morgan fingerprint density at radius 1 is 1.33 bits per heavy atom. The number of benzene rings is 1. The summed E-state index contributed by atoms with van der Waals surface area (Å²) in [6, 6.07) is 8.11. The Balaban J connectivity index is 1.80. The van der Waals surface area contributed by atoms with Crippen molar-refractivity contribution in [2.75, 3.05) is 19.7 Å². The SMILES string of the molecule is CC1CC(=O)NCC(=O)N1CC1OCCc2ccccc21. The van der Waals surface area contributed by atoms with Gasteiger partial charge in [0.05, 0.1) is 19.7 Å². The zero-order valence-corrected chi connectivity index (χ0v) is 12.2. The lowest BCUT2D eigenvalue weighted by atomic mass is 9.97. The predicted molar refractivity (Wildman–Crippen MR) is 77.6 cm³/mol. The van der Waals surface area contributed by atoms with Crippen LogP contribution in [0.4, 0.5) is 0 Å². The molecule has 2 aliphatic rings. The molecule has 2 atom stereocenters. The minimum atomic E-state index is -0.102. The van der Waals surface area contributed by atoms with Gasteiger partial charge in [-0.15, -0.1) is 0 Å². The number of nitrogens with one attached hydrogen (secondary N) is 1. The third kappa shape index (κ3) is 2.93. The highest BCUT2D eigenvalue weighted by Gasteiger charge is 2.31. The highest BCUT2D eigenvalue weighted by Crippen LogP contribution is 2.28. The van der Waals surface area contributed by atoms with Gasteiger partial charge >= 0.3 is 0 Å². The Morgan fingerprint density at radius 2 is 2.14 bits per heavy atom. The number of hydrogen-bond acceptors (Lipinski definition) is 3. The number of nitrogens with zero attached hydrogens (tertiary/aromatic N) is 1. The first-order valence-electron chi connectivity index (χ1n) is 7.40. The molecule has 1 aromatic carbocycles. The van der Waals surface area contributed by atoms with E-state index >= 15 is 0 Å². The number of amides is 2. The van der Waals surface area contributed by atoms with Gasteiger partial charge in [0.2, 0.25) is 11.8 Å². The summed E-state index contributed by atoms with van der Waals surface area (Å²) < 4.78 is 5.87. The monoisotopic (exact) mass is 288 g/mol. The average molecular weight is 288 g/mol. The van der Waals surface area contributed by atoms with Crippen LogP contribution in [-0.4, -0.2) is 42.5 Å². The molecule has 0 spiro atoms. The molecule has 2 amide bonds. The van der Waals surface area contributed by atoms with Crippen LogP contribution in [0.15, 0.2) is 24.3 Å². The van der Waals surface area contributed by atoms with Crippen molar-refractivity contribution in [3.05, 3.63) is 35.4 Å². The zero-order valence-electron chi connectivity index (χ0n) is 12.2. The summed E-state index contributed by atoms with van der Waals surface area (Å²) in [6.07, 6.45) is 1.16. The van der Waals surface area contributed by atoms with E-state index in [0.29, 0.717) is 19.6 Å². The van der Waals surface area contributed by atoms with Crippen LogP contribution >= 0.6 is 0 Å². The molecule has 0 aromatic heterocycles. The van der Waals surface area contributed by atoms with Crippen molar-refractivity contribution in [3.8, 4) is 0 Å². The van der Waals surface area contributed by atoms with Gasteiger partial charge in [0.1, 0.15) is 6.10 Å². The second-order valence-electron chi connectivity index (χ2n) is 5.68. The standard InChI is InChI=1S/C16H20N2O3/c1-11-8-15(19)17-9-16(20)18(11)10-14-13-5-3-2-4-12(13)6-7-21-14/h2-5,11,14H,6-10H2,1H3,(H,17,19). The third-order valence-corrected chi connectivity index (χ3v) is 4.22. The van der Waals surface area contributed by atoms with E-state index in [1.807, 2.05) is 19.1 Å². The lowest BCUT2D eigenvalue weighted by Crippen LogP contribution is -2.43. The molecule has 2 unspecified atom stereocenters. The van der Waals surface area contributed by atoms with Gasteiger partial charge in [-0.05, 0) is 24.5 Å². The van der Waals surface area contributed by atoms with Gasteiger partial charge in [-0.25, -0.2) is 0 Å². The van der Waals surface area contributed by atoms with Crippen LogP contribution in [0.1, 0.15) is 30.6 Å². The molecule has 1 saturated heterocycles. The van der Waals surface area contributed by atoms with Crippen LogP contribution in [-0.2, 0) is 20.7 Å². The topological polar surface area (TPSA) is 58.6 Å². The predicted octanol–water partition coefficient (Wildman–Crippen LogP) is 1.04. The molecule has 1 fully saturated rings. The lowest BCUT2D eigenvalue weighted by molar-refractivity contribution is -0.134. The lowest BCUT2D eigenvalue weighted by Gasteiger charge is -2.33. The average Bonchev–Trinajstić information content (AvgIpc) is 2.60. The van der Waals surface area contributed by atoms with Crippen molar-refractivity contribution in [3.63, 3.8) is 0 Å². The molecule has 21 heavy (non-hydrogen) atoms. The normalized spacial score (nSPS) is 26.0. The number of carbonyl (C=O) groups is 2. The van der Waals surface area contributed by atoms with E-state index < -0.39 is 0 Å². The van der Waals surface area contributed by atoms with Gasteiger partial charge in [0.15, 0.2) is 0 Å². The molecule has 3 rings (SSSR count). The molecule has 2 aliphatic heterocycles. The summed E-state index contributed by atoms with van der Waals surface area (Å²) in [6.45, 7) is 3.18. The van der Waals surface area contributed by atoms with E-state index in [1.54, 1.807) is 4.90 Å². The fourth-order valence-electron chi connectivity index (χ4n) is 3.06. The second-order valence-corrected chi connectivity index (χ2v) is 5.68. The number of carbonyl (C=O) groups excluding carboxylic acids is 2. The van der Waals surface area contributed by atoms with Crippen molar-refractivity contribution in [1.29, 1.82) is 0 Å². The minimum absolute atomic E-state index is 0.0417. The molecule has 5 nitrogen and oxygen atoms in total. The highest BCUT2D eigenvalue weighted by atomic mass is 16.5. The number of fused-ring (bicyclic) bond motifs is 1. The van der Waals surface area contributed by atoms with Gasteiger partial charge in [-0.2, -0.15) is 0 Å². The Hall–Kier alpha value is -1.88. The second kappa shape index (κ2) is 5.85. The Kier molecular flexibility index (Phi) is 3.92. The maximum atomic E-state index is 12.2. The summed E-state index contributed by atoms with van der Waals surface area (Å²) in [5.74, 6) is -0.108. The van der Waals surface area contributed by atoms with Crippen LogP contribution in [0.25, 0.3) is 0 Å². The molecular weight excluding hydrogens is 268 g/mol. The molecule has 112 valence electrons. The quantitative estimate of drug-likeness (QED) is 0.884. The zero-order chi connectivity index (χ0) is 14.8. The van der Waals surface area contributed by atoms with Crippen LogP contribution in [0.3, 0.4) is 0 Å². The summed E-state index contributed by atoms with van der Waals surface area (Å²) >= 11 is 0. The van der Waals surface area contributed by atoms with E-state index in [-0.39, 0.29) is 30.5 Å². The Morgan fingerprint density at radius 3 is 3.00 bits per heavy atom. The number of ether oxygens (including phenoxy) is 1. The maximum absolute atomic E-state index is 12.2. The van der Waals surface area contributed by atoms with Crippen molar-refractivity contribution in [1.82, 2.24) is 10.2 Å². The van der Waals surface area contributed by atoms with Gasteiger partial charge in [0, 0.05) is 12.5 Å². The molecule has 1 N–H and O–H groups in total. The molecular formula is C16H20N2O3. The van der Waals surface area contributed by atoms with Crippen molar-refractivity contribution in [2.45, 2.75) is 31.9 Å². The van der Waals surface area contributed by atoms with Crippen molar-refractivity contribution >= 4 is 11.8 Å². The minimum Gasteiger partial charge on any atom is -0.371 e. The Labute approximate surface area is 124 Å². The number of rotatable bonds is 2. The molecule has 0 radical (unpaired) electrons. The summed E-state index contributed by atoms with van der Waals surface area (Å²) in [5.41, 5.74) is 2.45. The summed E-state index contributed by atoms with van der Waals surface area (Å²) in [7, 11) is 0. The Bertz CT molecular complexity index is 558. The molecule has 0 saturated carbocycles. The molecule has 1 aromatic rings. The van der Waals surface area contributed by atoms with E-state index in [1.165, 1.54) is 5.56 Å². The van der Waals surface area contributed by atoms with Gasteiger partial charge < -0.3 is 15.0 Å². The first-order chi connectivity index (χ1) is 10.1. The smallest absolute Gasteiger partial charge is 0.242 e. The number of hydrogen-bond donors (Lipinski definition) is 1. The summed E-state index contributed by atoms with van der Waals surface area (Å²) in [5, 5.41) is 2.64. The van der Waals surface area contributed by atoms with Crippen molar-refractivity contribution in [2.24, 2.45) is 0 Å². The first-order valence-corrected chi connectivity index (χ1v) is 7.40.